The molecule has 5 heteroatoms. The largest absolute Gasteiger partial charge is 0.492 e. The second-order valence-electron chi connectivity index (χ2n) is 4.62. The molecule has 1 atom stereocenters. The first kappa shape index (κ1) is 16.2. The highest BCUT2D eigenvalue weighted by molar-refractivity contribution is 6.34. The van der Waals surface area contributed by atoms with E-state index < -0.39 is 0 Å². The minimum Gasteiger partial charge on any atom is -0.492 e. The number of benzene rings is 1. The minimum absolute atomic E-state index is 0.147. The molecule has 0 bridgehead atoms. The zero-order valence-electron chi connectivity index (χ0n) is 12.4. The van der Waals surface area contributed by atoms with E-state index in [9.17, 15) is 0 Å². The maximum Gasteiger partial charge on any atom is 0.139 e. The van der Waals surface area contributed by atoms with Crippen molar-refractivity contribution >= 4 is 23.2 Å². The smallest absolute Gasteiger partial charge is 0.139 e. The molecule has 0 radical (unpaired) electrons. The van der Waals surface area contributed by atoms with E-state index in [0.29, 0.717) is 22.4 Å². The van der Waals surface area contributed by atoms with Gasteiger partial charge >= 0.3 is 0 Å². The lowest BCUT2D eigenvalue weighted by atomic mass is 10.0. The zero-order chi connectivity index (χ0) is 15.4. The van der Waals surface area contributed by atoms with Crippen molar-refractivity contribution in [3.05, 3.63) is 51.4 Å². The average Bonchev–Trinajstić information content (AvgIpc) is 2.94. The fourth-order valence-electron chi connectivity index (χ4n) is 2.22. The fourth-order valence-corrected chi connectivity index (χ4v) is 2.71. The van der Waals surface area contributed by atoms with Crippen LogP contribution >= 0.6 is 23.2 Å². The molecule has 0 saturated carbocycles. The van der Waals surface area contributed by atoms with Crippen molar-refractivity contribution < 1.29 is 9.15 Å². The van der Waals surface area contributed by atoms with Gasteiger partial charge in [-0.1, -0.05) is 30.1 Å². The Bertz CT molecular complexity index is 610. The highest BCUT2D eigenvalue weighted by atomic mass is 35.5. The maximum atomic E-state index is 6.38. The van der Waals surface area contributed by atoms with Crippen molar-refractivity contribution in [2.45, 2.75) is 26.3 Å². The van der Waals surface area contributed by atoms with Crippen molar-refractivity contribution in [2.24, 2.45) is 0 Å². The topological polar surface area (TPSA) is 34.4 Å². The van der Waals surface area contributed by atoms with Crippen LogP contribution in [0.25, 0.3) is 0 Å². The summed E-state index contributed by atoms with van der Waals surface area (Å²) in [5.41, 5.74) is 0.865. The molecule has 2 aromatic rings. The van der Waals surface area contributed by atoms with Crippen molar-refractivity contribution in [1.82, 2.24) is 5.32 Å². The van der Waals surface area contributed by atoms with E-state index in [2.05, 4.69) is 12.2 Å². The van der Waals surface area contributed by atoms with Crippen molar-refractivity contribution in [3.63, 3.8) is 0 Å². The number of aryl methyl sites for hydroxylation is 1. The van der Waals surface area contributed by atoms with Crippen LogP contribution in [0.15, 0.2) is 28.7 Å². The predicted molar refractivity (Wildman–Crippen MR) is 86.6 cm³/mol. The summed E-state index contributed by atoms with van der Waals surface area (Å²) >= 11 is 12.6. The molecule has 0 fully saturated rings. The van der Waals surface area contributed by atoms with Gasteiger partial charge in [0.15, 0.2) is 0 Å². The Morgan fingerprint density at radius 2 is 1.95 bits per heavy atom. The van der Waals surface area contributed by atoms with Gasteiger partial charge in [-0.15, -0.1) is 0 Å². The number of halogens is 2. The lowest BCUT2D eigenvalue weighted by Crippen LogP contribution is -2.17. The number of nitrogens with one attached hydrogen (secondary N) is 1. The molecule has 2 rings (SSSR count). The summed E-state index contributed by atoms with van der Waals surface area (Å²) in [4.78, 5) is 0. The van der Waals surface area contributed by atoms with Crippen LogP contribution in [0.1, 0.15) is 37.0 Å². The molecule has 0 amide bonds. The van der Waals surface area contributed by atoms with E-state index in [1.54, 1.807) is 6.07 Å². The third-order valence-corrected chi connectivity index (χ3v) is 3.89. The van der Waals surface area contributed by atoms with Crippen LogP contribution in [-0.2, 0) is 6.42 Å². The van der Waals surface area contributed by atoms with Crippen LogP contribution in [0.4, 0.5) is 0 Å². The normalized spacial score (nSPS) is 12.4. The van der Waals surface area contributed by atoms with Gasteiger partial charge in [0.25, 0.3) is 0 Å². The van der Waals surface area contributed by atoms with Crippen LogP contribution in [0.3, 0.4) is 0 Å². The Balaban J connectivity index is 2.40. The molecule has 1 aromatic carbocycles. The first-order valence-electron chi connectivity index (χ1n) is 6.98. The molecule has 114 valence electrons. The summed E-state index contributed by atoms with van der Waals surface area (Å²) in [6.07, 6.45) is 0.855. The molecule has 0 aliphatic carbocycles. The molecule has 1 unspecified atom stereocenters. The van der Waals surface area contributed by atoms with Crippen LogP contribution in [0.5, 0.6) is 5.75 Å². The van der Waals surface area contributed by atoms with Crippen LogP contribution in [-0.4, -0.2) is 13.7 Å². The molecule has 3 nitrogen and oxygen atoms in total. The van der Waals surface area contributed by atoms with Crippen molar-refractivity contribution in [1.29, 1.82) is 0 Å². The van der Waals surface area contributed by atoms with Crippen LogP contribution in [0.2, 0.25) is 10.0 Å². The highest BCUT2D eigenvalue weighted by Gasteiger charge is 2.20. The second-order valence-corrected chi connectivity index (χ2v) is 5.43. The second kappa shape index (κ2) is 7.21. The van der Waals surface area contributed by atoms with Gasteiger partial charge in [-0.05, 0) is 37.7 Å². The van der Waals surface area contributed by atoms with Gasteiger partial charge in [0.05, 0.1) is 17.7 Å². The third kappa shape index (κ3) is 3.54. The number of ether oxygens (including phenoxy) is 1. The summed E-state index contributed by atoms with van der Waals surface area (Å²) in [7, 11) is 1.86. The van der Waals surface area contributed by atoms with Crippen LogP contribution < -0.4 is 10.1 Å². The lowest BCUT2D eigenvalue weighted by Gasteiger charge is -2.17. The Labute approximate surface area is 135 Å². The monoisotopic (exact) mass is 327 g/mol. The Kier molecular flexibility index (Phi) is 5.57. The van der Waals surface area contributed by atoms with Gasteiger partial charge in [-0.2, -0.15) is 0 Å². The summed E-state index contributed by atoms with van der Waals surface area (Å²) in [5, 5.41) is 4.35. The molecule has 0 aliphatic heterocycles. The lowest BCUT2D eigenvalue weighted by molar-refractivity contribution is 0.340. The molecule has 1 N–H and O–H groups in total. The van der Waals surface area contributed by atoms with E-state index >= 15 is 0 Å². The Hall–Kier alpha value is -1.16. The molecular weight excluding hydrogens is 309 g/mol. The number of hydrogen-bond acceptors (Lipinski definition) is 3. The quantitative estimate of drug-likeness (QED) is 0.822. The highest BCUT2D eigenvalue weighted by Crippen LogP contribution is 2.36. The minimum atomic E-state index is -0.147. The molecular formula is C16H19Cl2NO2. The number of furan rings is 1. The Morgan fingerprint density at radius 3 is 2.52 bits per heavy atom. The average molecular weight is 328 g/mol. The summed E-state index contributed by atoms with van der Waals surface area (Å²) in [5.74, 6) is 2.35. The fraction of sp³-hybridized carbons (Fsp3) is 0.375. The molecule has 1 heterocycles. The zero-order valence-corrected chi connectivity index (χ0v) is 13.9. The molecule has 0 spiro atoms. The van der Waals surface area contributed by atoms with Crippen molar-refractivity contribution in [3.8, 4) is 5.75 Å². The van der Waals surface area contributed by atoms with E-state index in [1.165, 1.54) is 0 Å². The van der Waals surface area contributed by atoms with Gasteiger partial charge in [0, 0.05) is 17.5 Å². The Morgan fingerprint density at radius 1 is 1.19 bits per heavy atom. The first-order chi connectivity index (χ1) is 10.1. The summed E-state index contributed by atoms with van der Waals surface area (Å²) in [6, 6.07) is 7.36. The first-order valence-corrected chi connectivity index (χ1v) is 7.73. The van der Waals surface area contributed by atoms with E-state index in [1.807, 2.05) is 32.2 Å². The van der Waals surface area contributed by atoms with Gasteiger partial charge in [0.1, 0.15) is 17.3 Å². The van der Waals surface area contributed by atoms with E-state index in [4.69, 9.17) is 32.4 Å². The maximum absolute atomic E-state index is 6.38. The van der Waals surface area contributed by atoms with Gasteiger partial charge in [0.2, 0.25) is 0 Å². The summed E-state index contributed by atoms with van der Waals surface area (Å²) < 4.78 is 11.3. The standard InChI is InChI=1S/C16H19Cl2NO2/c1-4-10-6-7-14(21-10)16(19-3)11-8-13(18)15(20-5-2)9-12(11)17/h6-9,16,19H,4-5H2,1-3H3. The van der Waals surface area contributed by atoms with Gasteiger partial charge < -0.3 is 14.5 Å². The van der Waals surface area contributed by atoms with E-state index in [0.717, 1.165) is 23.5 Å². The SMILES string of the molecule is CCOc1cc(Cl)c(C(NC)c2ccc(CC)o2)cc1Cl. The number of rotatable bonds is 6. The molecule has 1 aromatic heterocycles. The predicted octanol–water partition coefficient (Wildman–Crippen LogP) is 4.86. The van der Waals surface area contributed by atoms with Crippen LogP contribution in [0, 0.1) is 0 Å². The van der Waals surface area contributed by atoms with Crippen molar-refractivity contribution in [2.75, 3.05) is 13.7 Å². The molecule has 21 heavy (non-hydrogen) atoms. The molecule has 0 aliphatic rings. The third-order valence-electron chi connectivity index (χ3n) is 3.27. The van der Waals surface area contributed by atoms with Gasteiger partial charge in [-0.3, -0.25) is 0 Å². The summed E-state index contributed by atoms with van der Waals surface area (Å²) in [6.45, 7) is 4.50. The van der Waals surface area contributed by atoms with Gasteiger partial charge in [-0.25, -0.2) is 0 Å². The molecule has 0 saturated heterocycles. The number of hydrogen-bond donors (Lipinski definition) is 1. The van der Waals surface area contributed by atoms with E-state index in [-0.39, 0.29) is 6.04 Å².